The molecule has 0 unspecified atom stereocenters. The van der Waals surface area contributed by atoms with Gasteiger partial charge in [0.2, 0.25) is 0 Å². The van der Waals surface area contributed by atoms with Gasteiger partial charge in [0.1, 0.15) is 0 Å². The van der Waals surface area contributed by atoms with Gasteiger partial charge in [-0.2, -0.15) is 0 Å². The lowest BCUT2D eigenvalue weighted by atomic mass is 10.0. The number of nitrogens with zero attached hydrogens (tertiary/aromatic N) is 1. The van der Waals surface area contributed by atoms with Crippen molar-refractivity contribution in [3.05, 3.63) is 48.2 Å². The molecule has 1 aromatic carbocycles. The molecule has 144 valence electrons. The highest BCUT2D eigenvalue weighted by Gasteiger charge is 2.09. The number of hydrogen-bond acceptors (Lipinski definition) is 4. The molecule has 1 atom stereocenters. The van der Waals surface area contributed by atoms with Crippen molar-refractivity contribution in [3.8, 4) is 0 Å². The molecule has 0 aliphatic rings. The van der Waals surface area contributed by atoms with E-state index in [1.165, 1.54) is 6.08 Å². The number of para-hydroxylation sites is 1. The molecule has 0 saturated carbocycles. The van der Waals surface area contributed by atoms with Crippen molar-refractivity contribution in [2.24, 2.45) is 5.92 Å². The topological polar surface area (TPSA) is 68.3 Å². The van der Waals surface area contributed by atoms with Crippen LogP contribution < -0.4 is 5.32 Å². The van der Waals surface area contributed by atoms with Gasteiger partial charge in [0.05, 0.1) is 11.2 Å². The maximum absolute atomic E-state index is 11.9. The van der Waals surface area contributed by atoms with Crippen LogP contribution in [0.15, 0.2) is 42.5 Å². The molecule has 0 spiro atoms. The van der Waals surface area contributed by atoms with Crippen LogP contribution in [0.3, 0.4) is 0 Å². The van der Waals surface area contributed by atoms with Gasteiger partial charge in [0.25, 0.3) is 5.91 Å². The van der Waals surface area contributed by atoms with Crippen LogP contribution in [-0.4, -0.2) is 29.5 Å². The molecule has 0 radical (unpaired) electrons. The molecule has 1 amide bonds. The first-order chi connectivity index (χ1) is 12.9. The van der Waals surface area contributed by atoms with Crippen LogP contribution in [0.4, 0.5) is 0 Å². The Bertz CT molecular complexity index is 799. The molecule has 0 aliphatic heterocycles. The lowest BCUT2D eigenvalue weighted by molar-refractivity contribution is -0.144. The van der Waals surface area contributed by atoms with Gasteiger partial charge in [0, 0.05) is 17.5 Å². The van der Waals surface area contributed by atoms with Crippen LogP contribution in [0.2, 0.25) is 0 Å². The summed E-state index contributed by atoms with van der Waals surface area (Å²) in [6.45, 7) is 6.06. The van der Waals surface area contributed by atoms with Crippen LogP contribution in [0, 0.1) is 5.92 Å². The maximum Gasteiger partial charge on any atom is 0.331 e. The minimum atomic E-state index is -0.562. The summed E-state index contributed by atoms with van der Waals surface area (Å²) in [5.41, 5.74) is 1.52. The van der Waals surface area contributed by atoms with Crippen LogP contribution in [0.5, 0.6) is 0 Å². The zero-order chi connectivity index (χ0) is 19.6. The fourth-order valence-corrected chi connectivity index (χ4v) is 2.73. The van der Waals surface area contributed by atoms with Gasteiger partial charge in [-0.1, -0.05) is 51.0 Å². The zero-order valence-corrected chi connectivity index (χ0v) is 16.3. The van der Waals surface area contributed by atoms with Crippen molar-refractivity contribution in [2.45, 2.75) is 46.1 Å². The fourth-order valence-electron chi connectivity index (χ4n) is 2.73. The van der Waals surface area contributed by atoms with Gasteiger partial charge in [-0.25, -0.2) is 9.78 Å². The number of rotatable bonds is 9. The minimum Gasteiger partial charge on any atom is -0.452 e. The van der Waals surface area contributed by atoms with E-state index in [1.54, 1.807) is 6.08 Å². The van der Waals surface area contributed by atoms with Gasteiger partial charge in [-0.3, -0.25) is 4.79 Å². The van der Waals surface area contributed by atoms with Gasteiger partial charge in [0.15, 0.2) is 6.61 Å². The second-order valence-electron chi connectivity index (χ2n) is 7.16. The van der Waals surface area contributed by atoms with Gasteiger partial charge in [-0.15, -0.1) is 0 Å². The van der Waals surface area contributed by atoms with Crippen molar-refractivity contribution in [1.29, 1.82) is 0 Å². The molecular formula is C22H28N2O3. The molecule has 0 aliphatic carbocycles. The lowest BCUT2D eigenvalue weighted by Crippen LogP contribution is -2.35. The summed E-state index contributed by atoms with van der Waals surface area (Å²) >= 11 is 0. The molecule has 1 heterocycles. The molecule has 1 N–H and O–H groups in total. The fraction of sp³-hybridized carbons (Fsp3) is 0.409. The normalized spacial score (nSPS) is 12.4. The highest BCUT2D eigenvalue weighted by Crippen LogP contribution is 2.12. The molecule has 2 rings (SSSR count). The SMILES string of the molecule is CC(C)CCC[C@@H](C)NC(=O)COC(=O)/C=C/c1ccc2ccccc2n1. The summed E-state index contributed by atoms with van der Waals surface area (Å²) in [6.07, 6.45) is 6.01. The molecule has 27 heavy (non-hydrogen) atoms. The van der Waals surface area contributed by atoms with E-state index in [-0.39, 0.29) is 18.6 Å². The second kappa shape index (κ2) is 10.5. The number of nitrogens with one attached hydrogen (secondary N) is 1. The number of benzene rings is 1. The largest absolute Gasteiger partial charge is 0.452 e. The van der Waals surface area contributed by atoms with Crippen LogP contribution in [0.1, 0.15) is 45.7 Å². The summed E-state index contributed by atoms with van der Waals surface area (Å²) in [7, 11) is 0. The Labute approximate surface area is 160 Å². The van der Waals surface area contributed by atoms with E-state index in [1.807, 2.05) is 43.3 Å². The summed E-state index contributed by atoms with van der Waals surface area (Å²) in [4.78, 5) is 28.1. The molecule has 0 bridgehead atoms. The summed E-state index contributed by atoms with van der Waals surface area (Å²) < 4.78 is 4.99. The highest BCUT2D eigenvalue weighted by atomic mass is 16.5. The standard InChI is InChI=1S/C22H28N2O3/c1-16(2)7-6-8-17(3)23-21(25)15-27-22(26)14-13-19-12-11-18-9-4-5-10-20(18)24-19/h4-5,9-14,16-17H,6-8,15H2,1-3H3,(H,23,25)/b14-13+/t17-/m1/s1. The monoisotopic (exact) mass is 368 g/mol. The van der Waals surface area contributed by atoms with E-state index in [0.29, 0.717) is 11.6 Å². The van der Waals surface area contributed by atoms with Crippen LogP contribution >= 0.6 is 0 Å². The lowest BCUT2D eigenvalue weighted by Gasteiger charge is -2.14. The second-order valence-corrected chi connectivity index (χ2v) is 7.16. The number of aromatic nitrogens is 1. The van der Waals surface area contributed by atoms with E-state index in [4.69, 9.17) is 4.74 Å². The first kappa shape index (κ1) is 20.6. The summed E-state index contributed by atoms with van der Waals surface area (Å²) in [5.74, 6) is -0.178. The number of hydrogen-bond donors (Lipinski definition) is 1. The smallest absolute Gasteiger partial charge is 0.331 e. The molecule has 5 heteroatoms. The summed E-state index contributed by atoms with van der Waals surface area (Å²) in [5, 5.41) is 3.89. The predicted molar refractivity (Wildman–Crippen MR) is 108 cm³/mol. The Morgan fingerprint density at radius 3 is 2.67 bits per heavy atom. The average molecular weight is 368 g/mol. The molecular weight excluding hydrogens is 340 g/mol. The van der Waals surface area contributed by atoms with Crippen molar-refractivity contribution >= 4 is 28.9 Å². The third-order valence-electron chi connectivity index (χ3n) is 4.18. The van der Waals surface area contributed by atoms with Crippen LogP contribution in [0.25, 0.3) is 17.0 Å². The zero-order valence-electron chi connectivity index (χ0n) is 16.3. The third-order valence-corrected chi connectivity index (χ3v) is 4.18. The third kappa shape index (κ3) is 7.60. The molecule has 2 aromatic rings. The van der Waals surface area contributed by atoms with Crippen molar-refractivity contribution < 1.29 is 14.3 Å². The van der Waals surface area contributed by atoms with E-state index in [0.717, 1.165) is 30.2 Å². The van der Waals surface area contributed by atoms with E-state index >= 15 is 0 Å². The number of pyridine rings is 1. The van der Waals surface area contributed by atoms with Gasteiger partial charge < -0.3 is 10.1 Å². The van der Waals surface area contributed by atoms with E-state index in [9.17, 15) is 9.59 Å². The number of esters is 1. The van der Waals surface area contributed by atoms with Gasteiger partial charge in [-0.05, 0) is 37.5 Å². The number of amides is 1. The summed E-state index contributed by atoms with van der Waals surface area (Å²) in [6, 6.07) is 11.6. The molecule has 0 fully saturated rings. The predicted octanol–water partition coefficient (Wildman–Crippen LogP) is 4.12. The maximum atomic E-state index is 11.9. The quantitative estimate of drug-likeness (QED) is 0.534. The Balaban J connectivity index is 1.74. The highest BCUT2D eigenvalue weighted by molar-refractivity contribution is 5.89. The molecule has 1 aromatic heterocycles. The van der Waals surface area contributed by atoms with Gasteiger partial charge >= 0.3 is 5.97 Å². The first-order valence-electron chi connectivity index (χ1n) is 9.44. The van der Waals surface area contributed by atoms with Crippen molar-refractivity contribution in [2.75, 3.05) is 6.61 Å². The number of carbonyl (C=O) groups is 2. The Hall–Kier alpha value is -2.69. The molecule has 0 saturated heterocycles. The first-order valence-corrected chi connectivity index (χ1v) is 9.44. The average Bonchev–Trinajstić information content (AvgIpc) is 2.64. The van der Waals surface area contributed by atoms with Crippen LogP contribution in [-0.2, 0) is 14.3 Å². The Kier molecular flexibility index (Phi) is 7.99. The minimum absolute atomic E-state index is 0.0762. The van der Waals surface area contributed by atoms with E-state index < -0.39 is 5.97 Å². The number of ether oxygens (including phenoxy) is 1. The molecule has 5 nitrogen and oxygen atoms in total. The Morgan fingerprint density at radius 2 is 1.89 bits per heavy atom. The van der Waals surface area contributed by atoms with E-state index in [2.05, 4.69) is 24.1 Å². The van der Waals surface area contributed by atoms with Crippen molar-refractivity contribution in [1.82, 2.24) is 10.3 Å². The Morgan fingerprint density at radius 1 is 1.11 bits per heavy atom. The number of fused-ring (bicyclic) bond motifs is 1. The van der Waals surface area contributed by atoms with Crippen molar-refractivity contribution in [3.63, 3.8) is 0 Å². The number of carbonyl (C=O) groups excluding carboxylic acids is 2.